The fourth-order valence-corrected chi connectivity index (χ4v) is 6.42. The van der Waals surface area contributed by atoms with Crippen LogP contribution in [0.5, 0.6) is 5.75 Å². The van der Waals surface area contributed by atoms with Crippen LogP contribution in [0.3, 0.4) is 0 Å². The van der Waals surface area contributed by atoms with Gasteiger partial charge in [-0.3, -0.25) is 14.4 Å². The van der Waals surface area contributed by atoms with Crippen molar-refractivity contribution in [1.29, 1.82) is 0 Å². The van der Waals surface area contributed by atoms with Gasteiger partial charge in [0.2, 0.25) is 5.78 Å². The lowest BCUT2D eigenvalue weighted by atomic mass is 9.60. The Balaban J connectivity index is 1.72. The lowest BCUT2D eigenvalue weighted by Gasteiger charge is -2.45. The number of aromatic hydroxyl groups is 1. The fraction of sp³-hybridized carbons (Fsp3) is 0.519. The summed E-state index contributed by atoms with van der Waals surface area (Å²) in [4.78, 5) is 38.3. The number of nitrogens with one attached hydrogen (secondary N) is 1. The first kappa shape index (κ1) is 27.2. The van der Waals surface area contributed by atoms with Crippen LogP contribution >= 0.6 is 11.6 Å². The third-order valence-corrected chi connectivity index (χ3v) is 8.10. The van der Waals surface area contributed by atoms with Crippen molar-refractivity contribution in [3.05, 3.63) is 50.4 Å². The Labute approximate surface area is 220 Å². The van der Waals surface area contributed by atoms with E-state index >= 15 is 0 Å². The van der Waals surface area contributed by atoms with Gasteiger partial charge in [0.05, 0.1) is 5.56 Å². The molecule has 0 aliphatic heterocycles. The quantitative estimate of drug-likeness (QED) is 0.314. The molecule has 1 unspecified atom stereocenters. The standard InChI is InChI=1S/C27H33ClN2O7/c1-11(9-26(2,3)4)30-10-13-7-16(31)19-15(21(13)28)6-12-5-14-8-17(32)20(25(29)36)24(35)27(14,37)23(34)18(12)22(19)33/h7,11-12,14,30-32,34,37H,5-6,8-10H2,1-4H3,(H2,29,36)/t11-,12?,14+,27+/m1/s1. The van der Waals surface area contributed by atoms with Crippen molar-refractivity contribution in [2.45, 2.75) is 71.6 Å². The number of phenols is 1. The molecule has 3 aliphatic carbocycles. The number of nitrogens with two attached hydrogens (primary N) is 1. The molecule has 0 saturated carbocycles. The van der Waals surface area contributed by atoms with E-state index in [2.05, 4.69) is 33.0 Å². The van der Waals surface area contributed by atoms with Gasteiger partial charge in [0.25, 0.3) is 5.91 Å². The van der Waals surface area contributed by atoms with Crippen LogP contribution in [0.4, 0.5) is 0 Å². The van der Waals surface area contributed by atoms with Gasteiger partial charge in [-0.05, 0) is 54.7 Å². The zero-order valence-electron chi connectivity index (χ0n) is 21.3. The molecule has 1 amide bonds. The summed E-state index contributed by atoms with van der Waals surface area (Å²) in [7, 11) is 0. The van der Waals surface area contributed by atoms with E-state index in [0.29, 0.717) is 22.7 Å². The third-order valence-electron chi connectivity index (χ3n) is 7.63. The number of Topliss-reactive ketones (excluding diaryl/α,β-unsaturated/α-hetero) is 2. The third kappa shape index (κ3) is 4.43. The summed E-state index contributed by atoms with van der Waals surface area (Å²) in [6.07, 6.45) is 0.874. The first-order valence-corrected chi connectivity index (χ1v) is 12.7. The Kier molecular flexibility index (Phi) is 6.72. The lowest BCUT2D eigenvalue weighted by molar-refractivity contribution is -0.144. The highest BCUT2D eigenvalue weighted by Gasteiger charge is 2.59. The van der Waals surface area contributed by atoms with Gasteiger partial charge < -0.3 is 31.5 Å². The van der Waals surface area contributed by atoms with E-state index in [9.17, 15) is 34.8 Å². The number of aliphatic hydroxyl groups is 3. The van der Waals surface area contributed by atoms with Crippen LogP contribution in [-0.4, -0.2) is 49.5 Å². The number of hydrogen-bond donors (Lipinski definition) is 6. The zero-order valence-corrected chi connectivity index (χ0v) is 22.1. The summed E-state index contributed by atoms with van der Waals surface area (Å²) in [5.74, 6) is -6.59. The predicted molar refractivity (Wildman–Crippen MR) is 136 cm³/mol. The van der Waals surface area contributed by atoms with Crippen molar-refractivity contribution in [2.24, 2.45) is 23.0 Å². The van der Waals surface area contributed by atoms with Crippen molar-refractivity contribution in [3.63, 3.8) is 0 Å². The van der Waals surface area contributed by atoms with Gasteiger partial charge in [-0.1, -0.05) is 32.4 Å². The SMILES string of the molecule is C[C@H](CC(C)(C)C)NCc1cc(O)c2c(c1Cl)CC1C[C@H]3CC(O)=C(C(N)=O)C(=O)[C@@]3(O)C(O)=C1C2=O. The fourth-order valence-electron chi connectivity index (χ4n) is 6.13. The minimum atomic E-state index is -2.58. The average Bonchev–Trinajstić information content (AvgIpc) is 2.76. The lowest BCUT2D eigenvalue weighted by Crippen LogP contribution is -2.57. The Bertz CT molecular complexity index is 1280. The molecule has 0 bridgehead atoms. The van der Waals surface area contributed by atoms with E-state index in [1.54, 1.807) is 0 Å². The van der Waals surface area contributed by atoms with Crippen LogP contribution in [0, 0.1) is 17.3 Å². The van der Waals surface area contributed by atoms with E-state index in [-0.39, 0.29) is 47.6 Å². The van der Waals surface area contributed by atoms with Crippen LogP contribution in [-0.2, 0) is 22.6 Å². The molecule has 0 saturated heterocycles. The number of allylic oxidation sites excluding steroid dienone is 2. The highest BCUT2D eigenvalue weighted by molar-refractivity contribution is 6.33. The molecule has 3 aliphatic rings. The monoisotopic (exact) mass is 532 g/mol. The number of phenolic OH excluding ortho intramolecular Hbond substituents is 1. The second-order valence-electron chi connectivity index (χ2n) is 11.7. The molecule has 37 heavy (non-hydrogen) atoms. The van der Waals surface area contributed by atoms with Crippen LogP contribution in [0.15, 0.2) is 28.7 Å². The molecule has 0 heterocycles. The molecule has 7 N–H and O–H groups in total. The van der Waals surface area contributed by atoms with Crippen molar-refractivity contribution in [1.82, 2.24) is 5.32 Å². The van der Waals surface area contributed by atoms with Gasteiger partial charge in [-0.15, -0.1) is 0 Å². The Morgan fingerprint density at radius 3 is 2.49 bits per heavy atom. The molecule has 0 radical (unpaired) electrons. The van der Waals surface area contributed by atoms with Gasteiger partial charge in [-0.25, -0.2) is 0 Å². The number of primary amides is 1. The number of fused-ring (bicyclic) bond motifs is 3. The van der Waals surface area contributed by atoms with Gasteiger partial charge in [-0.2, -0.15) is 0 Å². The minimum Gasteiger partial charge on any atom is -0.511 e. The Morgan fingerprint density at radius 2 is 1.89 bits per heavy atom. The molecule has 9 nitrogen and oxygen atoms in total. The predicted octanol–water partition coefficient (Wildman–Crippen LogP) is 3.15. The summed E-state index contributed by atoms with van der Waals surface area (Å²) < 4.78 is 0. The first-order chi connectivity index (χ1) is 17.1. The maximum Gasteiger partial charge on any atom is 0.255 e. The molecule has 0 fully saturated rings. The number of hydrogen-bond acceptors (Lipinski definition) is 8. The molecular weight excluding hydrogens is 500 g/mol. The van der Waals surface area contributed by atoms with Crippen molar-refractivity contribution >= 4 is 29.1 Å². The van der Waals surface area contributed by atoms with Crippen LogP contribution in [0.2, 0.25) is 5.02 Å². The summed E-state index contributed by atoms with van der Waals surface area (Å²) in [6.45, 7) is 8.86. The number of amides is 1. The number of benzene rings is 1. The highest BCUT2D eigenvalue weighted by Crippen LogP contribution is 2.52. The molecule has 1 aromatic carbocycles. The Hall–Kier alpha value is -2.88. The molecule has 1 aromatic rings. The van der Waals surface area contributed by atoms with Crippen molar-refractivity contribution in [2.75, 3.05) is 0 Å². The summed E-state index contributed by atoms with van der Waals surface area (Å²) in [5.41, 5.74) is 2.71. The normalized spacial score (nSPS) is 26.5. The first-order valence-electron chi connectivity index (χ1n) is 12.3. The Morgan fingerprint density at radius 1 is 1.24 bits per heavy atom. The highest BCUT2D eigenvalue weighted by atomic mass is 35.5. The smallest absolute Gasteiger partial charge is 0.255 e. The minimum absolute atomic E-state index is 0.0606. The molecular formula is C27H33ClN2O7. The van der Waals surface area contributed by atoms with Crippen molar-refractivity contribution in [3.8, 4) is 5.75 Å². The maximum atomic E-state index is 13.5. The number of halogens is 1. The van der Waals surface area contributed by atoms with E-state index in [0.717, 1.165) is 6.42 Å². The number of carbonyl (C=O) groups excluding carboxylic acids is 3. The number of ketones is 2. The van der Waals surface area contributed by atoms with E-state index in [1.807, 2.05) is 0 Å². The second-order valence-corrected chi connectivity index (χ2v) is 12.1. The summed E-state index contributed by atoms with van der Waals surface area (Å²) in [6, 6.07) is 1.58. The van der Waals surface area contributed by atoms with E-state index in [1.165, 1.54) is 6.07 Å². The van der Waals surface area contributed by atoms with Crippen LogP contribution in [0.25, 0.3) is 0 Å². The van der Waals surface area contributed by atoms with Crippen LogP contribution < -0.4 is 11.1 Å². The molecule has 200 valence electrons. The zero-order chi connectivity index (χ0) is 27.6. The maximum absolute atomic E-state index is 13.5. The molecule has 4 atom stereocenters. The number of rotatable bonds is 5. The molecule has 4 rings (SSSR count). The van der Waals surface area contributed by atoms with Gasteiger partial charge in [0, 0.05) is 35.5 Å². The van der Waals surface area contributed by atoms with E-state index < -0.39 is 52.0 Å². The largest absolute Gasteiger partial charge is 0.511 e. The molecule has 0 spiro atoms. The van der Waals surface area contributed by atoms with Gasteiger partial charge >= 0.3 is 0 Å². The molecule has 10 heteroatoms. The topological polar surface area (TPSA) is 170 Å². The van der Waals surface area contributed by atoms with E-state index in [4.69, 9.17) is 17.3 Å². The summed E-state index contributed by atoms with van der Waals surface area (Å²) in [5, 5.41) is 47.2. The van der Waals surface area contributed by atoms with Gasteiger partial charge in [0.15, 0.2) is 11.4 Å². The number of aliphatic hydroxyl groups excluding tert-OH is 2. The average molecular weight is 533 g/mol. The summed E-state index contributed by atoms with van der Waals surface area (Å²) >= 11 is 6.73. The molecule has 0 aromatic heterocycles. The van der Waals surface area contributed by atoms with Crippen LogP contribution in [0.1, 0.15) is 68.4 Å². The van der Waals surface area contributed by atoms with Crippen molar-refractivity contribution < 1.29 is 34.8 Å². The second kappa shape index (κ2) is 9.15. The number of carbonyl (C=O) groups is 3. The van der Waals surface area contributed by atoms with Gasteiger partial charge in [0.1, 0.15) is 22.8 Å².